The van der Waals surface area contributed by atoms with Gasteiger partial charge in [-0.25, -0.2) is 9.67 Å². The summed E-state index contributed by atoms with van der Waals surface area (Å²) in [6.07, 6.45) is -0.559. The molecule has 3 aromatic carbocycles. The highest BCUT2D eigenvalue weighted by Gasteiger charge is 2.29. The summed E-state index contributed by atoms with van der Waals surface area (Å²) >= 11 is 0. The number of hydrogen-bond donors (Lipinski definition) is 4. The Morgan fingerprint density at radius 2 is 1.41 bits per heavy atom. The molecule has 0 bridgehead atoms. The molecule has 18 heteroatoms. The number of hydrogen-bond acceptors (Lipinski definition) is 15. The molecule has 0 spiro atoms. The standard InChI is InChI=1S/C48H62N6O12/c1-33(2)29-36(31-42(55)45(57)39(49)30-34-7-5-4-6-8-34)46(58)50-17-18-60-19-20-61-21-22-62-23-24-63-25-26-64-27-28-65-38-12-9-35(10-13-38)47(59)51-37-11-15-43-41(32-37)52-48(66-43)40-14-16-44(56)54(3)53-40/h4-16,32-33,36,39,45,57H,17-31,49H2,1-3H3,(H,50,58)(H,51,59)/t36-,39-,45+/m1/s1. The SMILES string of the molecule is CC(C)C[C@H](CC(=O)[C@@H](O)[C@H](N)Cc1ccccc1)C(=O)NCCOCCOCCOCCOCCOCCOc1ccc(C(=O)Nc2ccc3oc(-c4ccc(=O)n(C)n4)nc3c2)cc1. The third-order valence-electron chi connectivity index (χ3n) is 10.1. The van der Waals surface area contributed by atoms with Crippen LogP contribution in [0.2, 0.25) is 0 Å². The van der Waals surface area contributed by atoms with Crippen molar-refractivity contribution in [1.29, 1.82) is 0 Å². The number of Topliss-reactive ketones (excluding diaryl/α,β-unsaturated/α-hetero) is 1. The summed E-state index contributed by atoms with van der Waals surface area (Å²) in [5.74, 6) is -0.502. The Morgan fingerprint density at radius 3 is 2.03 bits per heavy atom. The first-order valence-electron chi connectivity index (χ1n) is 22.1. The number of nitrogens with two attached hydrogens (primary N) is 1. The molecular weight excluding hydrogens is 853 g/mol. The van der Waals surface area contributed by atoms with E-state index in [-0.39, 0.29) is 42.1 Å². The largest absolute Gasteiger partial charge is 0.491 e. The Kier molecular flexibility index (Phi) is 21.4. The van der Waals surface area contributed by atoms with Gasteiger partial charge in [-0.15, -0.1) is 0 Å². The first-order chi connectivity index (χ1) is 32.0. The number of aromatic nitrogens is 3. The third-order valence-corrected chi connectivity index (χ3v) is 10.1. The summed E-state index contributed by atoms with van der Waals surface area (Å²) in [5, 5.41) is 20.5. The van der Waals surface area contributed by atoms with E-state index in [0.717, 1.165) is 5.56 Å². The van der Waals surface area contributed by atoms with Crippen LogP contribution in [0.4, 0.5) is 5.69 Å². The second-order valence-electron chi connectivity index (χ2n) is 15.9. The van der Waals surface area contributed by atoms with E-state index >= 15 is 0 Å². The number of ether oxygens (including phenoxy) is 6. The monoisotopic (exact) mass is 914 g/mol. The van der Waals surface area contributed by atoms with Crippen molar-refractivity contribution in [3.8, 4) is 17.3 Å². The maximum Gasteiger partial charge on any atom is 0.266 e. The van der Waals surface area contributed by atoms with Crippen LogP contribution in [0.15, 0.2) is 94.1 Å². The number of anilines is 1. The van der Waals surface area contributed by atoms with Crippen molar-refractivity contribution >= 4 is 34.4 Å². The molecule has 0 aliphatic carbocycles. The summed E-state index contributed by atoms with van der Waals surface area (Å²) in [4.78, 5) is 54.8. The van der Waals surface area contributed by atoms with Gasteiger partial charge in [0.1, 0.15) is 29.7 Å². The molecule has 0 unspecified atom stereocenters. The van der Waals surface area contributed by atoms with Crippen molar-refractivity contribution < 1.29 is 52.3 Å². The fourth-order valence-corrected chi connectivity index (χ4v) is 6.68. The van der Waals surface area contributed by atoms with Crippen LogP contribution in [0, 0.1) is 11.8 Å². The van der Waals surface area contributed by atoms with Crippen molar-refractivity contribution in [1.82, 2.24) is 20.1 Å². The molecule has 2 amide bonds. The molecule has 2 heterocycles. The first kappa shape index (κ1) is 51.1. The van der Waals surface area contributed by atoms with E-state index < -0.39 is 23.8 Å². The van der Waals surface area contributed by atoms with Gasteiger partial charge in [0.25, 0.3) is 11.5 Å². The van der Waals surface area contributed by atoms with Crippen LogP contribution in [-0.2, 0) is 46.7 Å². The van der Waals surface area contributed by atoms with Crippen molar-refractivity contribution in [2.24, 2.45) is 24.6 Å². The summed E-state index contributed by atoms with van der Waals surface area (Å²) < 4.78 is 40.5. The zero-order valence-electron chi connectivity index (χ0n) is 37.9. The van der Waals surface area contributed by atoms with E-state index in [1.54, 1.807) is 55.6 Å². The molecule has 3 atom stereocenters. The maximum atomic E-state index is 12.9. The Morgan fingerprint density at radius 1 is 0.788 bits per heavy atom. The van der Waals surface area contributed by atoms with Crippen LogP contribution in [0.3, 0.4) is 0 Å². The van der Waals surface area contributed by atoms with E-state index in [2.05, 4.69) is 20.7 Å². The molecule has 66 heavy (non-hydrogen) atoms. The number of carbonyl (C=O) groups is 3. The highest BCUT2D eigenvalue weighted by Crippen LogP contribution is 2.25. The lowest BCUT2D eigenvalue weighted by molar-refractivity contribution is -0.134. The number of fused-ring (bicyclic) bond motifs is 1. The average molecular weight is 915 g/mol. The van der Waals surface area contributed by atoms with Crippen molar-refractivity contribution in [3.63, 3.8) is 0 Å². The normalized spacial score (nSPS) is 12.8. The topological polar surface area (TPSA) is 238 Å². The second kappa shape index (κ2) is 27.6. The number of oxazole rings is 1. The van der Waals surface area contributed by atoms with Crippen molar-refractivity contribution in [2.75, 3.05) is 84.5 Å². The molecule has 0 aliphatic heterocycles. The minimum Gasteiger partial charge on any atom is -0.491 e. The number of carbonyl (C=O) groups excluding carboxylic acids is 3. The molecule has 0 aliphatic rings. The number of nitrogens with one attached hydrogen (secondary N) is 2. The lowest BCUT2D eigenvalue weighted by Gasteiger charge is -2.22. The number of rotatable bonds is 31. The number of benzene rings is 3. The van der Waals surface area contributed by atoms with Crippen molar-refractivity contribution in [2.45, 2.75) is 45.3 Å². The Bertz CT molecular complexity index is 2300. The molecule has 18 nitrogen and oxygen atoms in total. The van der Waals surface area contributed by atoms with Gasteiger partial charge in [-0.3, -0.25) is 19.2 Å². The van der Waals surface area contributed by atoms with E-state index in [9.17, 15) is 24.3 Å². The molecule has 0 radical (unpaired) electrons. The van der Waals surface area contributed by atoms with Crippen LogP contribution in [0.25, 0.3) is 22.7 Å². The molecule has 356 valence electrons. The quantitative estimate of drug-likeness (QED) is 0.0461. The zero-order valence-corrected chi connectivity index (χ0v) is 37.9. The van der Waals surface area contributed by atoms with Gasteiger partial charge < -0.3 is 54.3 Å². The molecule has 2 aromatic heterocycles. The number of nitrogens with zero attached hydrogens (tertiary/aromatic N) is 3. The van der Waals surface area contributed by atoms with Gasteiger partial charge in [-0.2, -0.15) is 5.10 Å². The lowest BCUT2D eigenvalue weighted by Crippen LogP contribution is -2.44. The maximum absolute atomic E-state index is 12.9. The fourth-order valence-electron chi connectivity index (χ4n) is 6.68. The molecule has 0 saturated heterocycles. The van der Waals surface area contributed by atoms with E-state index in [0.29, 0.717) is 119 Å². The van der Waals surface area contributed by atoms with E-state index in [1.165, 1.54) is 10.7 Å². The van der Waals surface area contributed by atoms with Gasteiger partial charge in [0.2, 0.25) is 11.8 Å². The molecular formula is C48H62N6O12. The smallest absolute Gasteiger partial charge is 0.266 e. The molecule has 0 saturated carbocycles. The number of aliphatic hydroxyl groups is 1. The third kappa shape index (κ3) is 17.5. The summed E-state index contributed by atoms with van der Waals surface area (Å²) in [6, 6.07) is 23.5. The predicted octanol–water partition coefficient (Wildman–Crippen LogP) is 3.97. The van der Waals surface area contributed by atoms with Crippen molar-refractivity contribution in [3.05, 3.63) is 106 Å². The highest BCUT2D eigenvalue weighted by atomic mass is 16.6. The summed E-state index contributed by atoms with van der Waals surface area (Å²) in [5.41, 5.74) is 9.27. The van der Waals surface area contributed by atoms with Crippen LogP contribution < -0.4 is 26.7 Å². The van der Waals surface area contributed by atoms with Crippen LogP contribution >= 0.6 is 0 Å². The predicted molar refractivity (Wildman–Crippen MR) is 246 cm³/mol. The van der Waals surface area contributed by atoms with Gasteiger partial charge in [-0.1, -0.05) is 44.2 Å². The van der Waals surface area contributed by atoms with Gasteiger partial charge in [-0.05, 0) is 72.9 Å². The van der Waals surface area contributed by atoms with Gasteiger partial charge in [0.15, 0.2) is 11.4 Å². The minimum atomic E-state index is -1.35. The van der Waals surface area contributed by atoms with Crippen LogP contribution in [0.1, 0.15) is 42.6 Å². The number of aliphatic hydroxyl groups excluding tert-OH is 1. The number of ketones is 1. The van der Waals surface area contributed by atoms with E-state index in [1.807, 2.05) is 44.2 Å². The molecule has 0 fully saturated rings. The highest BCUT2D eigenvalue weighted by molar-refractivity contribution is 6.05. The Hall–Kier alpha value is -5.86. The average Bonchev–Trinajstić information content (AvgIpc) is 3.74. The first-order valence-corrected chi connectivity index (χ1v) is 22.1. The molecule has 5 rings (SSSR count). The molecule has 5 aromatic rings. The zero-order chi connectivity index (χ0) is 47.1. The second-order valence-corrected chi connectivity index (χ2v) is 15.9. The molecule has 5 N–H and O–H groups in total. The van der Waals surface area contributed by atoms with E-state index in [4.69, 9.17) is 38.6 Å². The summed E-state index contributed by atoms with van der Waals surface area (Å²) in [7, 11) is 1.55. The Balaban J connectivity index is 0.817. The van der Waals surface area contributed by atoms with Crippen LogP contribution in [0.5, 0.6) is 5.75 Å². The van der Waals surface area contributed by atoms with Gasteiger partial charge >= 0.3 is 0 Å². The van der Waals surface area contributed by atoms with Gasteiger partial charge in [0, 0.05) is 49.3 Å². The number of aryl methyl sites for hydroxylation is 1. The van der Waals surface area contributed by atoms with Crippen LogP contribution in [-0.4, -0.2) is 129 Å². The lowest BCUT2D eigenvalue weighted by atomic mass is 9.88. The number of amides is 2. The summed E-state index contributed by atoms with van der Waals surface area (Å²) in [6.45, 7) is 8.38. The minimum absolute atomic E-state index is 0.0796. The fraction of sp³-hybridized carbons (Fsp3) is 0.458. The van der Waals surface area contributed by atoms with Gasteiger partial charge in [0.05, 0.1) is 66.1 Å². The Labute approximate surface area is 384 Å².